The van der Waals surface area contributed by atoms with E-state index in [-0.39, 0.29) is 11.8 Å². The molecule has 2 saturated heterocycles. The molecule has 1 N–H and O–H groups in total. The van der Waals surface area contributed by atoms with Gasteiger partial charge in [-0.25, -0.2) is 0 Å². The highest BCUT2D eigenvalue weighted by Crippen LogP contribution is 2.21. The van der Waals surface area contributed by atoms with Crippen molar-refractivity contribution in [2.75, 3.05) is 39.4 Å². The predicted molar refractivity (Wildman–Crippen MR) is 137 cm³/mol. The summed E-state index contributed by atoms with van der Waals surface area (Å²) in [5.74, 6) is 1.43. The van der Waals surface area contributed by atoms with Gasteiger partial charge in [0.05, 0.1) is 19.8 Å². The average Bonchev–Trinajstić information content (AvgIpc) is 3.38. The summed E-state index contributed by atoms with van der Waals surface area (Å²) in [5, 5.41) is 7.26. The number of hydrogen-bond acceptors (Lipinski definition) is 7. The number of morpholine rings is 1. The lowest BCUT2D eigenvalue weighted by atomic mass is 9.96. The van der Waals surface area contributed by atoms with Gasteiger partial charge < -0.3 is 14.6 Å². The number of likely N-dealkylation sites (tertiary alicyclic amines) is 1. The zero-order valence-corrected chi connectivity index (χ0v) is 21.0. The van der Waals surface area contributed by atoms with Crippen LogP contribution in [0.25, 0.3) is 11.4 Å². The van der Waals surface area contributed by atoms with Crippen molar-refractivity contribution < 1.29 is 14.1 Å². The predicted octanol–water partition coefficient (Wildman–Crippen LogP) is 3.41. The molecular formula is C28H35N5O3. The van der Waals surface area contributed by atoms with E-state index in [1.165, 1.54) is 11.1 Å². The van der Waals surface area contributed by atoms with Crippen molar-refractivity contribution in [1.29, 1.82) is 0 Å². The van der Waals surface area contributed by atoms with Gasteiger partial charge >= 0.3 is 0 Å². The third kappa shape index (κ3) is 6.57. The maximum absolute atomic E-state index is 12.8. The SMILES string of the molecule is Cc1ccc(-c2noc(CN3CCC(C(=O)NCc4ccc(CN5CCOCC5)cc4)CC3)n2)cc1. The van der Waals surface area contributed by atoms with Gasteiger partial charge in [0.15, 0.2) is 0 Å². The minimum atomic E-state index is 0.0487. The normalized spacial score (nSPS) is 17.8. The topological polar surface area (TPSA) is 83.7 Å². The molecule has 5 rings (SSSR count). The first kappa shape index (κ1) is 24.6. The number of hydrogen-bond donors (Lipinski definition) is 1. The van der Waals surface area contributed by atoms with E-state index >= 15 is 0 Å². The lowest BCUT2D eigenvalue weighted by molar-refractivity contribution is -0.126. The summed E-state index contributed by atoms with van der Waals surface area (Å²) in [5.41, 5.74) is 4.59. The van der Waals surface area contributed by atoms with Crippen LogP contribution in [0.4, 0.5) is 0 Å². The zero-order valence-electron chi connectivity index (χ0n) is 21.0. The molecule has 1 aromatic heterocycles. The highest BCUT2D eigenvalue weighted by molar-refractivity contribution is 5.78. The third-order valence-electron chi connectivity index (χ3n) is 7.09. The fraction of sp³-hybridized carbons (Fsp3) is 0.464. The maximum Gasteiger partial charge on any atom is 0.241 e. The molecule has 0 unspecified atom stereocenters. The average molecular weight is 490 g/mol. The van der Waals surface area contributed by atoms with E-state index in [0.717, 1.165) is 69.9 Å². The second-order valence-electron chi connectivity index (χ2n) is 9.85. The molecule has 3 aromatic rings. The summed E-state index contributed by atoms with van der Waals surface area (Å²) in [6, 6.07) is 16.7. The van der Waals surface area contributed by atoms with Gasteiger partial charge in [0, 0.05) is 37.7 Å². The van der Waals surface area contributed by atoms with E-state index < -0.39 is 0 Å². The van der Waals surface area contributed by atoms with Crippen molar-refractivity contribution in [2.45, 2.75) is 39.4 Å². The molecule has 0 saturated carbocycles. The molecular weight excluding hydrogens is 454 g/mol. The number of carbonyl (C=O) groups excluding carboxylic acids is 1. The van der Waals surface area contributed by atoms with Crippen molar-refractivity contribution in [3.63, 3.8) is 0 Å². The molecule has 0 spiro atoms. The number of nitrogens with zero attached hydrogens (tertiary/aromatic N) is 4. The Morgan fingerprint density at radius 3 is 2.31 bits per heavy atom. The van der Waals surface area contributed by atoms with Crippen LogP contribution in [0.15, 0.2) is 53.1 Å². The minimum absolute atomic E-state index is 0.0487. The van der Waals surface area contributed by atoms with Gasteiger partial charge in [-0.2, -0.15) is 4.98 Å². The van der Waals surface area contributed by atoms with Crippen LogP contribution in [0, 0.1) is 12.8 Å². The number of nitrogens with one attached hydrogen (secondary N) is 1. The molecule has 2 fully saturated rings. The van der Waals surface area contributed by atoms with E-state index in [1.54, 1.807) is 0 Å². The fourth-order valence-electron chi connectivity index (χ4n) is 4.80. The molecule has 0 radical (unpaired) electrons. The number of carbonyl (C=O) groups is 1. The van der Waals surface area contributed by atoms with Crippen LogP contribution in [0.5, 0.6) is 0 Å². The third-order valence-corrected chi connectivity index (χ3v) is 7.09. The Hall–Kier alpha value is -3.07. The van der Waals surface area contributed by atoms with Crippen molar-refractivity contribution in [3.05, 3.63) is 71.1 Å². The molecule has 2 aromatic carbocycles. The molecule has 0 aliphatic carbocycles. The Kier molecular flexibility index (Phi) is 8.05. The van der Waals surface area contributed by atoms with Crippen molar-refractivity contribution in [1.82, 2.24) is 25.3 Å². The first-order valence-corrected chi connectivity index (χ1v) is 12.9. The van der Waals surface area contributed by atoms with E-state index in [1.807, 2.05) is 24.3 Å². The van der Waals surface area contributed by atoms with E-state index in [0.29, 0.717) is 24.8 Å². The zero-order chi connectivity index (χ0) is 24.7. The number of piperidine rings is 1. The van der Waals surface area contributed by atoms with Gasteiger partial charge in [-0.15, -0.1) is 0 Å². The summed E-state index contributed by atoms with van der Waals surface area (Å²) in [6.07, 6.45) is 1.67. The van der Waals surface area contributed by atoms with Crippen LogP contribution in [0.2, 0.25) is 0 Å². The first-order valence-electron chi connectivity index (χ1n) is 12.9. The van der Waals surface area contributed by atoms with Gasteiger partial charge in [-0.05, 0) is 44.0 Å². The van der Waals surface area contributed by atoms with Crippen LogP contribution in [0.1, 0.15) is 35.4 Å². The molecule has 2 aliphatic rings. The highest BCUT2D eigenvalue weighted by Gasteiger charge is 2.26. The minimum Gasteiger partial charge on any atom is -0.379 e. The molecule has 190 valence electrons. The number of ether oxygens (including phenoxy) is 1. The number of aromatic nitrogens is 2. The van der Waals surface area contributed by atoms with Crippen molar-refractivity contribution in [2.24, 2.45) is 5.92 Å². The number of aryl methyl sites for hydroxylation is 1. The number of rotatable bonds is 8. The van der Waals surface area contributed by atoms with Crippen molar-refractivity contribution >= 4 is 5.91 Å². The number of benzene rings is 2. The lowest BCUT2D eigenvalue weighted by Crippen LogP contribution is -2.40. The second-order valence-corrected chi connectivity index (χ2v) is 9.85. The molecule has 8 nitrogen and oxygen atoms in total. The van der Waals surface area contributed by atoms with Gasteiger partial charge in [-0.1, -0.05) is 59.3 Å². The molecule has 1 amide bonds. The summed E-state index contributed by atoms with van der Waals surface area (Å²) in [6.45, 7) is 9.48. The van der Waals surface area contributed by atoms with Crippen LogP contribution in [-0.4, -0.2) is 65.2 Å². The van der Waals surface area contributed by atoms with Gasteiger partial charge in [0.1, 0.15) is 0 Å². The lowest BCUT2D eigenvalue weighted by Gasteiger charge is -2.30. The van der Waals surface area contributed by atoms with E-state index in [2.05, 4.69) is 56.4 Å². The molecule has 0 atom stereocenters. The van der Waals surface area contributed by atoms with Gasteiger partial charge in [-0.3, -0.25) is 14.6 Å². The van der Waals surface area contributed by atoms with Crippen molar-refractivity contribution in [3.8, 4) is 11.4 Å². The Balaban J connectivity index is 1.03. The van der Waals surface area contributed by atoms with Gasteiger partial charge in [0.2, 0.25) is 17.6 Å². The summed E-state index contributed by atoms with van der Waals surface area (Å²) >= 11 is 0. The standard InChI is InChI=1S/C28H35N5O3/c1-21-2-8-24(9-3-21)27-30-26(36-31-27)20-32-12-10-25(11-13-32)28(34)29-18-22-4-6-23(7-5-22)19-33-14-16-35-17-15-33/h2-9,25H,10-20H2,1H3,(H,29,34). The van der Waals surface area contributed by atoms with E-state index in [9.17, 15) is 4.79 Å². The quantitative estimate of drug-likeness (QED) is 0.519. The van der Waals surface area contributed by atoms with E-state index in [4.69, 9.17) is 9.26 Å². The Morgan fingerprint density at radius 1 is 0.917 bits per heavy atom. The highest BCUT2D eigenvalue weighted by atomic mass is 16.5. The summed E-state index contributed by atoms with van der Waals surface area (Å²) < 4.78 is 10.9. The molecule has 2 aliphatic heterocycles. The summed E-state index contributed by atoms with van der Waals surface area (Å²) in [7, 11) is 0. The number of amides is 1. The maximum atomic E-state index is 12.8. The van der Waals surface area contributed by atoms with Crippen LogP contribution in [0.3, 0.4) is 0 Å². The Morgan fingerprint density at radius 2 is 1.58 bits per heavy atom. The van der Waals surface area contributed by atoms with Gasteiger partial charge in [0.25, 0.3) is 0 Å². The van der Waals surface area contributed by atoms with Crippen LogP contribution in [-0.2, 0) is 29.2 Å². The molecule has 36 heavy (non-hydrogen) atoms. The molecule has 8 heteroatoms. The van der Waals surface area contributed by atoms with Crippen LogP contribution >= 0.6 is 0 Å². The van der Waals surface area contributed by atoms with Crippen LogP contribution < -0.4 is 5.32 Å². The second kappa shape index (κ2) is 11.8. The first-order chi connectivity index (χ1) is 17.6. The Labute approximate surface area is 212 Å². The smallest absolute Gasteiger partial charge is 0.241 e. The molecule has 0 bridgehead atoms. The fourth-order valence-corrected chi connectivity index (χ4v) is 4.80. The molecule has 3 heterocycles. The largest absolute Gasteiger partial charge is 0.379 e. The Bertz CT molecular complexity index is 1110. The monoisotopic (exact) mass is 489 g/mol. The summed E-state index contributed by atoms with van der Waals surface area (Å²) in [4.78, 5) is 22.0.